The van der Waals surface area contributed by atoms with Gasteiger partial charge >= 0.3 is 0 Å². The summed E-state index contributed by atoms with van der Waals surface area (Å²) in [5, 5.41) is 13.4. The van der Waals surface area contributed by atoms with Gasteiger partial charge in [0.15, 0.2) is 0 Å². The van der Waals surface area contributed by atoms with Crippen molar-refractivity contribution >= 4 is 27.1 Å². The lowest BCUT2D eigenvalue weighted by Gasteiger charge is -2.21. The predicted octanol–water partition coefficient (Wildman–Crippen LogP) is 4.72. The van der Waals surface area contributed by atoms with E-state index in [0.29, 0.717) is 17.9 Å². The minimum absolute atomic E-state index is 0.428. The van der Waals surface area contributed by atoms with Gasteiger partial charge in [-0.1, -0.05) is 30.3 Å². The summed E-state index contributed by atoms with van der Waals surface area (Å²) in [6, 6.07) is 18.8. The van der Waals surface area contributed by atoms with Gasteiger partial charge in [-0.05, 0) is 35.7 Å². The molecule has 3 heterocycles. The molecule has 9 heteroatoms. The molecule has 0 fully saturated rings. The molecule has 7 nitrogen and oxygen atoms in total. The fourth-order valence-electron chi connectivity index (χ4n) is 3.97. The van der Waals surface area contributed by atoms with Crippen LogP contribution in [0, 0.1) is 0 Å². The number of aromatic nitrogens is 2. The molecule has 1 aliphatic heterocycles. The molecule has 1 unspecified atom stereocenters. The van der Waals surface area contributed by atoms with Crippen LogP contribution in [-0.4, -0.2) is 41.7 Å². The van der Waals surface area contributed by atoms with Gasteiger partial charge in [-0.25, -0.2) is 13.1 Å². The second-order valence-electron chi connectivity index (χ2n) is 7.76. The van der Waals surface area contributed by atoms with Crippen LogP contribution in [0.5, 0.6) is 5.75 Å². The van der Waals surface area contributed by atoms with Crippen molar-refractivity contribution in [3.63, 3.8) is 0 Å². The molecule has 2 aromatic heterocycles. The fourth-order valence-corrected chi connectivity index (χ4v) is 5.51. The molecule has 0 saturated heterocycles. The molecule has 168 valence electrons. The minimum Gasteiger partial charge on any atom is -0.497 e. The highest BCUT2D eigenvalue weighted by Crippen LogP contribution is 2.40. The fraction of sp³-hybridized carbons (Fsp3) is 0.167. The van der Waals surface area contributed by atoms with Gasteiger partial charge in [-0.3, -0.25) is 0 Å². The van der Waals surface area contributed by atoms with Crippen molar-refractivity contribution < 1.29 is 13.2 Å². The van der Waals surface area contributed by atoms with Crippen molar-refractivity contribution in [3.05, 3.63) is 88.7 Å². The first-order valence-corrected chi connectivity index (χ1v) is 13.1. The first-order chi connectivity index (χ1) is 15.9. The molecule has 0 amide bonds. The average molecular weight is 479 g/mol. The van der Waals surface area contributed by atoms with Crippen LogP contribution in [0.25, 0.3) is 16.9 Å². The number of rotatable bonds is 6. The molecule has 0 aliphatic carbocycles. The van der Waals surface area contributed by atoms with Crippen LogP contribution in [0.3, 0.4) is 0 Å². The third kappa shape index (κ3) is 4.17. The zero-order valence-corrected chi connectivity index (χ0v) is 19.8. The second kappa shape index (κ2) is 8.49. The third-order valence-electron chi connectivity index (χ3n) is 5.53. The molecule has 1 atom stereocenters. The lowest BCUT2D eigenvalue weighted by molar-refractivity contribution is 0.375. The number of thiophene rings is 1. The van der Waals surface area contributed by atoms with E-state index in [-0.39, 0.29) is 0 Å². The Kier molecular flexibility index (Phi) is 5.51. The summed E-state index contributed by atoms with van der Waals surface area (Å²) in [5.74, 6) is 0.695. The summed E-state index contributed by atoms with van der Waals surface area (Å²) in [7, 11) is -2.01. The summed E-state index contributed by atoms with van der Waals surface area (Å²) >= 11 is 1.57. The maximum absolute atomic E-state index is 12.8. The SMILES string of the molecule is COc1cccc(C2=NN(S(C)(=O)=O)C(c3cn(-c4ccccc4)nc3-c3ccsc3)C2)c1. The van der Waals surface area contributed by atoms with Crippen LogP contribution >= 0.6 is 11.3 Å². The highest BCUT2D eigenvalue weighted by molar-refractivity contribution is 7.88. The summed E-state index contributed by atoms with van der Waals surface area (Å²) in [6.45, 7) is 0. The van der Waals surface area contributed by atoms with Crippen molar-refractivity contribution in [3.8, 4) is 22.7 Å². The zero-order chi connectivity index (χ0) is 23.0. The molecule has 5 rings (SSSR count). The first kappa shape index (κ1) is 21.4. The predicted molar refractivity (Wildman–Crippen MR) is 130 cm³/mol. The van der Waals surface area contributed by atoms with E-state index < -0.39 is 16.1 Å². The molecular weight excluding hydrogens is 456 g/mol. The van der Waals surface area contributed by atoms with E-state index in [1.807, 2.05) is 77.6 Å². The van der Waals surface area contributed by atoms with Crippen LogP contribution in [0.15, 0.2) is 82.7 Å². The van der Waals surface area contributed by atoms with Gasteiger partial charge in [-0.15, -0.1) is 0 Å². The molecule has 0 N–H and O–H groups in total. The smallest absolute Gasteiger partial charge is 0.247 e. The lowest BCUT2D eigenvalue weighted by atomic mass is 9.98. The number of hydrogen-bond acceptors (Lipinski definition) is 6. The number of benzene rings is 2. The van der Waals surface area contributed by atoms with Gasteiger partial charge in [-0.2, -0.15) is 26.0 Å². The van der Waals surface area contributed by atoms with Gasteiger partial charge in [0, 0.05) is 34.7 Å². The van der Waals surface area contributed by atoms with E-state index in [1.54, 1.807) is 23.1 Å². The Bertz CT molecular complexity index is 1410. The normalized spacial score (nSPS) is 16.1. The average Bonchev–Trinajstić information content (AvgIpc) is 3.58. The van der Waals surface area contributed by atoms with Gasteiger partial charge in [0.2, 0.25) is 10.0 Å². The maximum atomic E-state index is 12.8. The Hall–Kier alpha value is -3.43. The van der Waals surface area contributed by atoms with Crippen molar-refractivity contribution in [1.29, 1.82) is 0 Å². The summed E-state index contributed by atoms with van der Waals surface area (Å²) < 4.78 is 33.9. The molecule has 0 bridgehead atoms. The number of nitrogens with zero attached hydrogens (tertiary/aromatic N) is 4. The van der Waals surface area contributed by atoms with E-state index in [9.17, 15) is 8.42 Å². The summed E-state index contributed by atoms with van der Waals surface area (Å²) in [4.78, 5) is 0. The largest absolute Gasteiger partial charge is 0.497 e. The number of hydrazone groups is 1. The van der Waals surface area contributed by atoms with Crippen molar-refractivity contribution in [2.45, 2.75) is 12.5 Å². The first-order valence-electron chi connectivity index (χ1n) is 10.3. The molecular formula is C24H22N4O3S2. The van der Waals surface area contributed by atoms with Gasteiger partial charge < -0.3 is 4.74 Å². The van der Waals surface area contributed by atoms with E-state index in [1.165, 1.54) is 10.7 Å². The quantitative estimate of drug-likeness (QED) is 0.402. The molecule has 0 radical (unpaired) electrons. The molecule has 1 aliphatic rings. The summed E-state index contributed by atoms with van der Waals surface area (Å²) in [5.41, 5.74) is 4.93. The molecule has 2 aromatic carbocycles. The van der Waals surface area contributed by atoms with E-state index >= 15 is 0 Å². The Morgan fingerprint density at radius 3 is 2.58 bits per heavy atom. The van der Waals surface area contributed by atoms with Gasteiger partial charge in [0.25, 0.3) is 0 Å². The topological polar surface area (TPSA) is 76.8 Å². The van der Waals surface area contributed by atoms with Crippen molar-refractivity contribution in [1.82, 2.24) is 14.2 Å². The molecule has 0 spiro atoms. The maximum Gasteiger partial charge on any atom is 0.247 e. The zero-order valence-electron chi connectivity index (χ0n) is 18.1. The van der Waals surface area contributed by atoms with Crippen molar-refractivity contribution in [2.75, 3.05) is 13.4 Å². The Balaban J connectivity index is 1.62. The van der Waals surface area contributed by atoms with Crippen LogP contribution in [0.2, 0.25) is 0 Å². The van der Waals surface area contributed by atoms with E-state index in [4.69, 9.17) is 9.84 Å². The third-order valence-corrected chi connectivity index (χ3v) is 7.23. The van der Waals surface area contributed by atoms with E-state index in [2.05, 4.69) is 5.10 Å². The molecule has 33 heavy (non-hydrogen) atoms. The Morgan fingerprint density at radius 1 is 1.06 bits per heavy atom. The van der Waals surface area contributed by atoms with Crippen LogP contribution in [0.4, 0.5) is 0 Å². The second-order valence-corrected chi connectivity index (χ2v) is 10.4. The highest BCUT2D eigenvalue weighted by atomic mass is 32.2. The molecule has 0 saturated carbocycles. The standard InChI is InChI=1S/C24H22N4O3S2/c1-31-20-10-6-7-17(13-20)22-14-23(28(25-22)33(2,29)30)21-15-27(19-8-4-3-5-9-19)26-24(21)18-11-12-32-16-18/h3-13,15-16,23H,14H2,1-2H3. The number of methoxy groups -OCH3 is 1. The van der Waals surface area contributed by atoms with Crippen LogP contribution < -0.4 is 4.74 Å². The van der Waals surface area contributed by atoms with Gasteiger partial charge in [0.1, 0.15) is 5.75 Å². The minimum atomic E-state index is -3.62. The van der Waals surface area contributed by atoms with Crippen LogP contribution in [0.1, 0.15) is 23.6 Å². The Labute approximate surface area is 196 Å². The van der Waals surface area contributed by atoms with Crippen molar-refractivity contribution in [2.24, 2.45) is 5.10 Å². The van der Waals surface area contributed by atoms with E-state index in [0.717, 1.165) is 28.1 Å². The molecule has 4 aromatic rings. The monoisotopic (exact) mass is 478 g/mol. The number of para-hydroxylation sites is 1. The number of ether oxygens (including phenoxy) is 1. The summed E-state index contributed by atoms with van der Waals surface area (Å²) in [6.07, 6.45) is 3.52. The van der Waals surface area contributed by atoms with Crippen LogP contribution in [-0.2, 0) is 10.0 Å². The number of hydrogen-bond donors (Lipinski definition) is 0. The Morgan fingerprint density at radius 2 is 1.88 bits per heavy atom. The highest BCUT2D eigenvalue weighted by Gasteiger charge is 2.37. The van der Waals surface area contributed by atoms with Gasteiger partial charge in [0.05, 0.1) is 36.5 Å². The lowest BCUT2D eigenvalue weighted by Crippen LogP contribution is -2.26. The number of sulfonamides is 1.